The number of benzene rings is 2. The minimum atomic E-state index is -3.56. The summed E-state index contributed by atoms with van der Waals surface area (Å²) in [6.07, 6.45) is 5.86. The van der Waals surface area contributed by atoms with E-state index in [1.807, 2.05) is 67.6 Å². The van der Waals surface area contributed by atoms with Crippen LogP contribution in [0.1, 0.15) is 78.4 Å². The number of carbonyl (C=O) groups is 2. The highest BCUT2D eigenvalue weighted by Gasteiger charge is 2.21. The van der Waals surface area contributed by atoms with Crippen LogP contribution in [-0.4, -0.2) is 44.8 Å². The zero-order valence-corrected chi connectivity index (χ0v) is 24.5. The van der Waals surface area contributed by atoms with Crippen LogP contribution in [0.3, 0.4) is 0 Å². The van der Waals surface area contributed by atoms with E-state index in [-0.39, 0.29) is 52.4 Å². The molecule has 0 aliphatic carbocycles. The Hall–Kier alpha value is -2.83. The SMILES string of the molecule is C.C.CCCC[C@H](CO)C(=O)NOCc1ccccc1.CCCC[C@H](COS(C)(=O)=O)C(=O)NOCc1ccccc1. The molecule has 0 saturated carbocycles. The van der Waals surface area contributed by atoms with Gasteiger partial charge in [0.25, 0.3) is 10.1 Å². The van der Waals surface area contributed by atoms with Crippen LogP contribution in [0.5, 0.6) is 0 Å². The standard InChI is InChI=1S/C15H23NO5S.C14H21NO3.2CH4/c1-3-4-10-14(12-21-22(2,18)19)15(17)16-20-11-13-8-6-5-7-9-13;1-2-3-9-13(10-16)14(17)15-18-11-12-7-5-4-6-8-12;;/h5-9,14H,3-4,10-12H2,1-2H3,(H,16,17);4-8,13,16H,2-3,9-11H2,1H3,(H,15,17);2*1H4/t14-;13-;;/m11../s1. The summed E-state index contributed by atoms with van der Waals surface area (Å²) in [6.45, 7) is 4.33. The molecule has 0 aliphatic heterocycles. The van der Waals surface area contributed by atoms with E-state index in [1.54, 1.807) is 0 Å². The molecule has 0 unspecified atom stereocenters. The van der Waals surface area contributed by atoms with Crippen LogP contribution in [0.25, 0.3) is 0 Å². The third kappa shape index (κ3) is 20.1. The Morgan fingerprint density at radius 1 is 0.762 bits per heavy atom. The van der Waals surface area contributed by atoms with Gasteiger partial charge in [0.15, 0.2) is 0 Å². The second-order valence-corrected chi connectivity index (χ2v) is 11.0. The van der Waals surface area contributed by atoms with E-state index in [9.17, 15) is 18.0 Å². The molecule has 0 saturated heterocycles. The van der Waals surface area contributed by atoms with Crippen LogP contribution in [0.4, 0.5) is 0 Å². The van der Waals surface area contributed by atoms with Crippen LogP contribution in [0.2, 0.25) is 0 Å². The highest BCUT2D eigenvalue weighted by molar-refractivity contribution is 7.85. The summed E-state index contributed by atoms with van der Waals surface area (Å²) in [5.41, 5.74) is 6.68. The highest BCUT2D eigenvalue weighted by Crippen LogP contribution is 2.11. The van der Waals surface area contributed by atoms with Gasteiger partial charge in [-0.15, -0.1) is 0 Å². The molecule has 0 spiro atoms. The largest absolute Gasteiger partial charge is 0.396 e. The van der Waals surface area contributed by atoms with Crippen LogP contribution in [-0.2, 0) is 46.8 Å². The predicted octanol–water partition coefficient (Wildman–Crippen LogP) is 5.32. The summed E-state index contributed by atoms with van der Waals surface area (Å²) in [4.78, 5) is 34.0. The lowest BCUT2D eigenvalue weighted by molar-refractivity contribution is -0.141. The summed E-state index contributed by atoms with van der Waals surface area (Å²) in [5.74, 6) is -1.54. The molecular formula is C31H52N2O8S. The molecule has 0 aromatic heterocycles. The van der Waals surface area contributed by atoms with Crippen LogP contribution < -0.4 is 11.0 Å². The fraction of sp³-hybridized carbons (Fsp3) is 0.548. The predicted molar refractivity (Wildman–Crippen MR) is 166 cm³/mol. The number of unbranched alkanes of at least 4 members (excludes halogenated alkanes) is 2. The lowest BCUT2D eigenvalue weighted by Crippen LogP contribution is -2.34. The molecule has 11 heteroatoms. The van der Waals surface area contributed by atoms with Crippen molar-refractivity contribution in [2.24, 2.45) is 11.8 Å². The molecule has 0 radical (unpaired) electrons. The number of hydroxylamine groups is 2. The Morgan fingerprint density at radius 3 is 1.55 bits per heavy atom. The molecular weight excluding hydrogens is 560 g/mol. The maximum Gasteiger partial charge on any atom is 0.264 e. The minimum Gasteiger partial charge on any atom is -0.396 e. The van der Waals surface area contributed by atoms with Gasteiger partial charge >= 0.3 is 0 Å². The van der Waals surface area contributed by atoms with Crippen molar-refractivity contribution in [3.8, 4) is 0 Å². The van der Waals surface area contributed by atoms with Gasteiger partial charge in [0.05, 0.1) is 44.5 Å². The molecule has 0 fully saturated rings. The van der Waals surface area contributed by atoms with Crippen LogP contribution in [0, 0.1) is 11.8 Å². The van der Waals surface area contributed by atoms with Crippen molar-refractivity contribution in [1.82, 2.24) is 11.0 Å². The molecule has 2 amide bonds. The van der Waals surface area contributed by atoms with Gasteiger partial charge in [-0.25, -0.2) is 11.0 Å². The van der Waals surface area contributed by atoms with E-state index in [0.29, 0.717) is 19.4 Å². The fourth-order valence-electron chi connectivity index (χ4n) is 3.40. The number of carbonyl (C=O) groups excluding carboxylic acids is 2. The molecule has 2 aromatic carbocycles. The van der Waals surface area contributed by atoms with Gasteiger partial charge in [-0.05, 0) is 24.0 Å². The number of aliphatic hydroxyl groups excluding tert-OH is 1. The van der Waals surface area contributed by atoms with E-state index in [2.05, 4.69) is 17.9 Å². The summed E-state index contributed by atoms with van der Waals surface area (Å²) >= 11 is 0. The van der Waals surface area contributed by atoms with Gasteiger partial charge in [-0.2, -0.15) is 8.42 Å². The van der Waals surface area contributed by atoms with Gasteiger partial charge in [-0.3, -0.25) is 23.4 Å². The molecule has 0 aliphatic rings. The van der Waals surface area contributed by atoms with Gasteiger partial charge in [0.1, 0.15) is 0 Å². The van der Waals surface area contributed by atoms with Crippen molar-refractivity contribution >= 4 is 21.9 Å². The molecule has 2 rings (SSSR count). The second-order valence-electron chi connectivity index (χ2n) is 9.33. The molecule has 10 nitrogen and oxygen atoms in total. The lowest BCUT2D eigenvalue weighted by atomic mass is 10.0. The molecule has 240 valence electrons. The topological polar surface area (TPSA) is 140 Å². The Bertz CT molecular complexity index is 1050. The highest BCUT2D eigenvalue weighted by atomic mass is 32.2. The smallest absolute Gasteiger partial charge is 0.264 e. The fourth-order valence-corrected chi connectivity index (χ4v) is 3.81. The first kappa shape index (κ1) is 41.3. The van der Waals surface area contributed by atoms with Gasteiger partial charge in [0.2, 0.25) is 11.8 Å². The number of nitrogens with one attached hydrogen (secondary N) is 2. The zero-order valence-electron chi connectivity index (χ0n) is 23.7. The van der Waals surface area contributed by atoms with Crippen molar-refractivity contribution in [3.63, 3.8) is 0 Å². The van der Waals surface area contributed by atoms with Gasteiger partial charge < -0.3 is 5.11 Å². The average Bonchev–Trinajstić information content (AvgIpc) is 2.94. The number of rotatable bonds is 18. The first-order chi connectivity index (χ1) is 19.2. The number of hydrogen-bond acceptors (Lipinski definition) is 8. The first-order valence-electron chi connectivity index (χ1n) is 13.6. The normalized spacial score (nSPS) is 11.9. The monoisotopic (exact) mass is 612 g/mol. The maximum atomic E-state index is 12.0. The van der Waals surface area contributed by atoms with E-state index < -0.39 is 16.0 Å². The maximum absolute atomic E-state index is 12.0. The number of hydrogen-bond donors (Lipinski definition) is 3. The Morgan fingerprint density at radius 2 is 1.17 bits per heavy atom. The van der Waals surface area contributed by atoms with Crippen molar-refractivity contribution in [2.45, 2.75) is 80.4 Å². The summed E-state index contributed by atoms with van der Waals surface area (Å²) in [7, 11) is -3.56. The Labute approximate surface area is 253 Å². The lowest BCUT2D eigenvalue weighted by Gasteiger charge is -2.15. The summed E-state index contributed by atoms with van der Waals surface area (Å²) in [6, 6.07) is 19.0. The quantitative estimate of drug-likeness (QED) is 0.152. The third-order valence-electron chi connectivity index (χ3n) is 5.77. The van der Waals surface area contributed by atoms with Gasteiger partial charge in [0, 0.05) is 0 Å². The average molecular weight is 613 g/mol. The zero-order chi connectivity index (χ0) is 29.6. The molecule has 3 N–H and O–H groups in total. The Kier molecular flexibility index (Phi) is 24.3. The minimum absolute atomic E-state index is 0. The van der Waals surface area contributed by atoms with Crippen LogP contribution in [0.15, 0.2) is 60.7 Å². The summed E-state index contributed by atoms with van der Waals surface area (Å²) in [5, 5.41) is 9.12. The molecule has 42 heavy (non-hydrogen) atoms. The van der Waals surface area contributed by atoms with E-state index in [4.69, 9.17) is 19.0 Å². The molecule has 2 aromatic rings. The molecule has 0 bridgehead atoms. The van der Waals surface area contributed by atoms with Crippen molar-refractivity contribution in [1.29, 1.82) is 0 Å². The van der Waals surface area contributed by atoms with Crippen molar-refractivity contribution < 1.29 is 37.0 Å². The van der Waals surface area contributed by atoms with E-state index >= 15 is 0 Å². The second kappa shape index (κ2) is 24.7. The third-order valence-corrected chi connectivity index (χ3v) is 6.33. The molecule has 2 atom stereocenters. The van der Waals surface area contributed by atoms with Crippen molar-refractivity contribution in [3.05, 3.63) is 71.8 Å². The van der Waals surface area contributed by atoms with Crippen LogP contribution >= 0.6 is 0 Å². The summed E-state index contributed by atoms with van der Waals surface area (Å²) < 4.78 is 26.8. The number of amides is 2. The van der Waals surface area contributed by atoms with E-state index in [1.165, 1.54) is 0 Å². The first-order valence-corrected chi connectivity index (χ1v) is 15.4. The van der Waals surface area contributed by atoms with E-state index in [0.717, 1.165) is 43.1 Å². The van der Waals surface area contributed by atoms with Gasteiger partial charge in [-0.1, -0.05) is 115 Å². The Balaban J connectivity index is 0. The van der Waals surface area contributed by atoms with Crippen molar-refractivity contribution in [2.75, 3.05) is 19.5 Å². The molecule has 0 heterocycles. The number of aliphatic hydroxyl groups is 1.